The van der Waals surface area contributed by atoms with Crippen LogP contribution in [-0.2, 0) is 16.1 Å². The van der Waals surface area contributed by atoms with Crippen molar-refractivity contribution in [3.05, 3.63) is 35.4 Å². The molecule has 1 saturated heterocycles. The molecule has 5 nitrogen and oxygen atoms in total. The van der Waals surface area contributed by atoms with E-state index in [2.05, 4.69) is 12.2 Å². The molecule has 2 atom stereocenters. The quantitative estimate of drug-likeness (QED) is 0.843. The molecule has 1 heterocycles. The Morgan fingerprint density at radius 1 is 1.38 bits per heavy atom. The lowest BCUT2D eigenvalue weighted by Gasteiger charge is -2.11. The Morgan fingerprint density at radius 3 is 2.86 bits per heavy atom. The minimum atomic E-state index is -0.962. The van der Waals surface area contributed by atoms with Gasteiger partial charge in [0.2, 0.25) is 5.91 Å². The highest BCUT2D eigenvalue weighted by Gasteiger charge is 2.22. The zero-order valence-corrected chi connectivity index (χ0v) is 12.2. The molecule has 1 aliphatic heterocycles. The Labute approximate surface area is 124 Å². The normalized spacial score (nSPS) is 21.2. The molecule has 1 aromatic carbocycles. The average molecular weight is 291 g/mol. The topological polar surface area (TPSA) is 75.6 Å². The predicted molar refractivity (Wildman–Crippen MR) is 78.1 cm³/mol. The van der Waals surface area contributed by atoms with Crippen LogP contribution >= 0.6 is 0 Å². The van der Waals surface area contributed by atoms with E-state index in [4.69, 9.17) is 9.84 Å². The summed E-state index contributed by atoms with van der Waals surface area (Å²) in [7, 11) is 0. The fourth-order valence-corrected chi connectivity index (χ4v) is 2.49. The van der Waals surface area contributed by atoms with Crippen molar-refractivity contribution < 1.29 is 19.4 Å². The Morgan fingerprint density at radius 2 is 2.19 bits per heavy atom. The maximum Gasteiger partial charge on any atom is 0.335 e. The van der Waals surface area contributed by atoms with Crippen LogP contribution in [0.2, 0.25) is 0 Å². The summed E-state index contributed by atoms with van der Waals surface area (Å²) in [5.74, 6) is -0.991. The van der Waals surface area contributed by atoms with Gasteiger partial charge in [0.1, 0.15) is 0 Å². The zero-order chi connectivity index (χ0) is 15.2. The van der Waals surface area contributed by atoms with Crippen molar-refractivity contribution in [2.75, 3.05) is 0 Å². The summed E-state index contributed by atoms with van der Waals surface area (Å²) in [6.07, 6.45) is 3.77. The Balaban J connectivity index is 1.73. The molecule has 114 valence electrons. The van der Waals surface area contributed by atoms with Gasteiger partial charge in [-0.05, 0) is 43.9 Å². The van der Waals surface area contributed by atoms with Crippen LogP contribution in [-0.4, -0.2) is 29.2 Å². The number of hydrogen-bond donors (Lipinski definition) is 2. The summed E-state index contributed by atoms with van der Waals surface area (Å²) in [5, 5.41) is 11.7. The number of carboxylic acids is 1. The number of carbonyl (C=O) groups excluding carboxylic acids is 1. The molecule has 1 aromatic rings. The highest BCUT2D eigenvalue weighted by Crippen LogP contribution is 2.22. The summed E-state index contributed by atoms with van der Waals surface area (Å²) in [4.78, 5) is 22.7. The maximum atomic E-state index is 11.8. The second kappa shape index (κ2) is 7.22. The smallest absolute Gasteiger partial charge is 0.335 e. The summed E-state index contributed by atoms with van der Waals surface area (Å²) in [6.45, 7) is 2.40. The highest BCUT2D eigenvalue weighted by molar-refractivity contribution is 5.87. The van der Waals surface area contributed by atoms with E-state index in [1.54, 1.807) is 18.2 Å². The van der Waals surface area contributed by atoms with Gasteiger partial charge < -0.3 is 15.2 Å². The minimum Gasteiger partial charge on any atom is -0.478 e. The molecule has 0 unspecified atom stereocenters. The first-order valence-corrected chi connectivity index (χ1v) is 7.29. The molecule has 5 heteroatoms. The van der Waals surface area contributed by atoms with E-state index in [-0.39, 0.29) is 17.6 Å². The Kier molecular flexibility index (Phi) is 5.33. The first-order chi connectivity index (χ1) is 10.0. The van der Waals surface area contributed by atoms with Gasteiger partial charge >= 0.3 is 5.97 Å². The molecule has 0 radical (unpaired) electrons. The third-order valence-electron chi connectivity index (χ3n) is 3.68. The van der Waals surface area contributed by atoms with Crippen LogP contribution in [0.3, 0.4) is 0 Å². The Bertz CT molecular complexity index is 515. The van der Waals surface area contributed by atoms with Gasteiger partial charge in [-0.1, -0.05) is 12.1 Å². The van der Waals surface area contributed by atoms with Crippen LogP contribution < -0.4 is 5.32 Å². The number of amides is 1. The number of rotatable bonds is 6. The molecule has 21 heavy (non-hydrogen) atoms. The highest BCUT2D eigenvalue weighted by atomic mass is 16.5. The van der Waals surface area contributed by atoms with E-state index < -0.39 is 5.97 Å². The number of carbonyl (C=O) groups is 2. The molecule has 0 spiro atoms. The van der Waals surface area contributed by atoms with Gasteiger partial charge in [0.05, 0.1) is 17.8 Å². The third-order valence-corrected chi connectivity index (χ3v) is 3.68. The number of aromatic carboxylic acids is 1. The summed E-state index contributed by atoms with van der Waals surface area (Å²) >= 11 is 0. The lowest BCUT2D eigenvalue weighted by atomic mass is 10.1. The summed E-state index contributed by atoms with van der Waals surface area (Å²) in [6, 6.07) is 6.59. The van der Waals surface area contributed by atoms with Crippen molar-refractivity contribution in [2.24, 2.45) is 0 Å². The lowest BCUT2D eigenvalue weighted by Crippen LogP contribution is -2.24. The van der Waals surface area contributed by atoms with E-state index in [9.17, 15) is 9.59 Å². The fourth-order valence-electron chi connectivity index (χ4n) is 2.49. The molecule has 1 fully saturated rings. The summed E-state index contributed by atoms with van der Waals surface area (Å²) < 4.78 is 5.67. The van der Waals surface area contributed by atoms with Gasteiger partial charge in [-0.25, -0.2) is 4.79 Å². The van der Waals surface area contributed by atoms with Gasteiger partial charge in [0.25, 0.3) is 0 Å². The van der Waals surface area contributed by atoms with Crippen LogP contribution in [0.5, 0.6) is 0 Å². The zero-order valence-electron chi connectivity index (χ0n) is 12.2. The van der Waals surface area contributed by atoms with Gasteiger partial charge in [0.15, 0.2) is 0 Å². The van der Waals surface area contributed by atoms with Crippen molar-refractivity contribution in [1.82, 2.24) is 5.32 Å². The first kappa shape index (κ1) is 15.5. The van der Waals surface area contributed by atoms with Gasteiger partial charge in [0, 0.05) is 13.0 Å². The molecule has 0 aliphatic carbocycles. The van der Waals surface area contributed by atoms with Crippen molar-refractivity contribution in [1.29, 1.82) is 0 Å². The molecule has 0 saturated carbocycles. The average Bonchev–Trinajstić information content (AvgIpc) is 2.89. The van der Waals surface area contributed by atoms with Gasteiger partial charge in [-0.2, -0.15) is 0 Å². The van der Waals surface area contributed by atoms with Crippen LogP contribution in [0, 0.1) is 0 Å². The molecular formula is C16H21NO4. The number of ether oxygens (including phenoxy) is 1. The molecule has 2 N–H and O–H groups in total. The number of benzene rings is 1. The third kappa shape index (κ3) is 4.86. The predicted octanol–water partition coefficient (Wildman–Crippen LogP) is 2.35. The van der Waals surface area contributed by atoms with Gasteiger partial charge in [-0.3, -0.25) is 4.79 Å². The Hall–Kier alpha value is -1.88. The number of nitrogens with one attached hydrogen (secondary N) is 1. The van der Waals surface area contributed by atoms with Crippen LogP contribution in [0.15, 0.2) is 24.3 Å². The number of hydrogen-bond acceptors (Lipinski definition) is 3. The van der Waals surface area contributed by atoms with E-state index in [1.807, 2.05) is 0 Å². The van der Waals surface area contributed by atoms with Crippen molar-refractivity contribution in [3.63, 3.8) is 0 Å². The van der Waals surface area contributed by atoms with Crippen molar-refractivity contribution in [2.45, 2.75) is 51.4 Å². The van der Waals surface area contributed by atoms with Crippen LogP contribution in [0.4, 0.5) is 0 Å². The van der Waals surface area contributed by atoms with E-state index in [1.165, 1.54) is 6.07 Å². The van der Waals surface area contributed by atoms with Crippen LogP contribution in [0.25, 0.3) is 0 Å². The van der Waals surface area contributed by atoms with E-state index >= 15 is 0 Å². The monoisotopic (exact) mass is 291 g/mol. The molecule has 2 rings (SSSR count). The van der Waals surface area contributed by atoms with E-state index in [0.29, 0.717) is 19.1 Å². The second-order valence-corrected chi connectivity index (χ2v) is 5.47. The van der Waals surface area contributed by atoms with Gasteiger partial charge in [-0.15, -0.1) is 0 Å². The lowest BCUT2D eigenvalue weighted by molar-refractivity contribution is -0.122. The fraction of sp³-hybridized carbons (Fsp3) is 0.500. The van der Waals surface area contributed by atoms with E-state index in [0.717, 1.165) is 24.8 Å². The van der Waals surface area contributed by atoms with Crippen LogP contribution in [0.1, 0.15) is 48.5 Å². The maximum absolute atomic E-state index is 11.8. The van der Waals surface area contributed by atoms with Crippen molar-refractivity contribution >= 4 is 11.9 Å². The van der Waals surface area contributed by atoms with Crippen molar-refractivity contribution in [3.8, 4) is 0 Å². The molecular weight excluding hydrogens is 270 g/mol. The molecule has 0 bridgehead atoms. The molecule has 1 aliphatic rings. The minimum absolute atomic E-state index is 0.0288. The standard InChI is InChI=1S/C16H21NO4/c1-11-5-6-14(21-11)7-8-15(18)17-10-12-3-2-4-13(9-12)16(19)20/h2-4,9,11,14H,5-8,10H2,1H3,(H,17,18)(H,19,20)/t11-,14+/m1/s1. The largest absolute Gasteiger partial charge is 0.478 e. The second-order valence-electron chi connectivity index (χ2n) is 5.47. The first-order valence-electron chi connectivity index (χ1n) is 7.29. The SMILES string of the molecule is C[C@@H]1CC[C@@H](CCC(=O)NCc2cccc(C(=O)O)c2)O1. The molecule has 1 amide bonds. The number of carboxylic acid groups (broad SMARTS) is 1. The molecule has 0 aromatic heterocycles. The summed E-state index contributed by atoms with van der Waals surface area (Å²) in [5.41, 5.74) is 1.02.